The molecular formula is C14H28N2O3S. The third kappa shape index (κ3) is 7.47. The first-order valence-electron chi connectivity index (χ1n) is 7.36. The molecule has 6 heteroatoms. The normalized spacial score (nSPS) is 16.3. The molecule has 5 nitrogen and oxygen atoms in total. The summed E-state index contributed by atoms with van der Waals surface area (Å²) in [4.78, 5) is 14.2. The van der Waals surface area contributed by atoms with Crippen LogP contribution in [-0.4, -0.2) is 75.4 Å². The number of thioether (sulfide) groups is 1. The van der Waals surface area contributed by atoms with Gasteiger partial charge in [0.2, 0.25) is 5.91 Å². The van der Waals surface area contributed by atoms with E-state index in [-0.39, 0.29) is 5.91 Å². The van der Waals surface area contributed by atoms with Crippen molar-refractivity contribution in [2.45, 2.75) is 24.5 Å². The zero-order chi connectivity index (χ0) is 14.6. The Bertz CT molecular complexity index is 261. The number of carbonyl (C=O) groups excluding carboxylic acids is 1. The zero-order valence-electron chi connectivity index (χ0n) is 12.7. The summed E-state index contributed by atoms with van der Waals surface area (Å²) in [6.45, 7) is 4.86. The van der Waals surface area contributed by atoms with E-state index < -0.39 is 0 Å². The molecule has 0 spiro atoms. The number of carbonyl (C=O) groups is 1. The fraction of sp³-hybridized carbons (Fsp3) is 0.929. The molecule has 1 aliphatic rings. The lowest BCUT2D eigenvalue weighted by Crippen LogP contribution is -2.37. The van der Waals surface area contributed by atoms with Gasteiger partial charge < -0.3 is 19.7 Å². The van der Waals surface area contributed by atoms with Gasteiger partial charge in [-0.2, -0.15) is 0 Å². The van der Waals surface area contributed by atoms with Crippen molar-refractivity contribution in [1.29, 1.82) is 0 Å². The van der Waals surface area contributed by atoms with Crippen LogP contribution in [0.15, 0.2) is 0 Å². The maximum Gasteiger partial charge on any atom is 0.232 e. The second kappa shape index (κ2) is 11.4. The van der Waals surface area contributed by atoms with E-state index in [4.69, 9.17) is 9.47 Å². The van der Waals surface area contributed by atoms with Gasteiger partial charge in [-0.15, -0.1) is 11.8 Å². The van der Waals surface area contributed by atoms with Crippen LogP contribution in [-0.2, 0) is 14.3 Å². The lowest BCUT2D eigenvalue weighted by molar-refractivity contribution is -0.129. The molecule has 0 aliphatic carbocycles. The summed E-state index contributed by atoms with van der Waals surface area (Å²) in [6, 6.07) is 0. The number of hydrogen-bond acceptors (Lipinski definition) is 5. The second-order valence-corrected chi connectivity index (χ2v) is 6.27. The van der Waals surface area contributed by atoms with E-state index in [1.807, 2.05) is 4.90 Å². The maximum absolute atomic E-state index is 12.3. The third-order valence-corrected chi connectivity index (χ3v) is 4.78. The minimum absolute atomic E-state index is 0.224. The van der Waals surface area contributed by atoms with Crippen LogP contribution in [0.1, 0.15) is 19.3 Å². The minimum atomic E-state index is 0.224. The first-order chi connectivity index (χ1) is 9.77. The number of nitrogens with zero attached hydrogens (tertiary/aromatic N) is 1. The molecule has 0 atom stereocenters. The predicted octanol–water partition coefficient (Wildman–Crippen LogP) is 0.983. The quantitative estimate of drug-likeness (QED) is 0.610. The number of piperidine rings is 1. The molecule has 1 amide bonds. The molecule has 0 aromatic rings. The van der Waals surface area contributed by atoms with Crippen LogP contribution in [0.2, 0.25) is 0 Å². The van der Waals surface area contributed by atoms with Crippen molar-refractivity contribution in [2.24, 2.45) is 0 Å². The zero-order valence-corrected chi connectivity index (χ0v) is 13.5. The lowest BCUT2D eigenvalue weighted by Gasteiger charge is -2.25. The average molecular weight is 304 g/mol. The summed E-state index contributed by atoms with van der Waals surface area (Å²) >= 11 is 1.80. The molecule has 1 fully saturated rings. The molecule has 118 valence electrons. The largest absolute Gasteiger partial charge is 0.385 e. The molecular weight excluding hydrogens is 276 g/mol. The molecule has 1 heterocycles. The van der Waals surface area contributed by atoms with Gasteiger partial charge in [0.15, 0.2) is 0 Å². The Morgan fingerprint density at radius 2 is 1.90 bits per heavy atom. The SMILES string of the molecule is COCCCN(CCOC)C(=O)CSC1CCNCC1. The highest BCUT2D eigenvalue weighted by Crippen LogP contribution is 2.20. The topological polar surface area (TPSA) is 50.8 Å². The first-order valence-corrected chi connectivity index (χ1v) is 8.40. The van der Waals surface area contributed by atoms with Gasteiger partial charge in [0, 0.05) is 39.2 Å². The van der Waals surface area contributed by atoms with Crippen molar-refractivity contribution < 1.29 is 14.3 Å². The van der Waals surface area contributed by atoms with Crippen LogP contribution < -0.4 is 5.32 Å². The molecule has 0 radical (unpaired) electrons. The Kier molecular flexibility index (Phi) is 10.1. The van der Waals surface area contributed by atoms with Crippen molar-refractivity contribution >= 4 is 17.7 Å². The molecule has 0 bridgehead atoms. The Morgan fingerprint density at radius 3 is 2.55 bits per heavy atom. The van der Waals surface area contributed by atoms with Crippen LogP contribution >= 0.6 is 11.8 Å². The number of ether oxygens (including phenoxy) is 2. The van der Waals surface area contributed by atoms with E-state index >= 15 is 0 Å². The van der Waals surface area contributed by atoms with Crippen molar-refractivity contribution in [3.63, 3.8) is 0 Å². The van der Waals surface area contributed by atoms with Gasteiger partial charge in [-0.05, 0) is 32.4 Å². The molecule has 0 aromatic carbocycles. The van der Waals surface area contributed by atoms with Gasteiger partial charge in [0.1, 0.15) is 0 Å². The molecule has 20 heavy (non-hydrogen) atoms. The van der Waals surface area contributed by atoms with E-state index in [0.29, 0.717) is 30.8 Å². The van der Waals surface area contributed by atoms with Crippen LogP contribution in [0.4, 0.5) is 0 Å². The maximum atomic E-state index is 12.3. The van der Waals surface area contributed by atoms with Crippen LogP contribution in [0.25, 0.3) is 0 Å². The molecule has 1 saturated heterocycles. The standard InChI is InChI=1S/C14H28N2O3S/c1-18-10-3-8-16(9-11-19-2)14(17)12-20-13-4-6-15-7-5-13/h13,15H,3-12H2,1-2H3. The van der Waals surface area contributed by atoms with Gasteiger partial charge in [-0.1, -0.05) is 0 Å². The molecule has 0 aromatic heterocycles. The fourth-order valence-electron chi connectivity index (χ4n) is 2.20. The van der Waals surface area contributed by atoms with Gasteiger partial charge in [0.25, 0.3) is 0 Å². The van der Waals surface area contributed by atoms with E-state index in [9.17, 15) is 4.79 Å². The number of methoxy groups -OCH3 is 2. The number of rotatable bonds is 10. The van der Waals surface area contributed by atoms with Gasteiger partial charge in [0.05, 0.1) is 12.4 Å². The second-order valence-electron chi connectivity index (χ2n) is 4.98. The van der Waals surface area contributed by atoms with Gasteiger partial charge in [-0.3, -0.25) is 4.79 Å². The summed E-state index contributed by atoms with van der Waals surface area (Å²) in [5.74, 6) is 0.808. The Labute approximate surface area is 126 Å². The van der Waals surface area contributed by atoms with Crippen molar-refractivity contribution in [3.05, 3.63) is 0 Å². The van der Waals surface area contributed by atoms with E-state index in [1.165, 1.54) is 12.8 Å². The smallest absolute Gasteiger partial charge is 0.232 e. The predicted molar refractivity (Wildman–Crippen MR) is 83.3 cm³/mol. The number of hydrogen-bond donors (Lipinski definition) is 1. The third-order valence-electron chi connectivity index (χ3n) is 3.42. The summed E-state index contributed by atoms with van der Waals surface area (Å²) in [6.07, 6.45) is 3.21. The minimum Gasteiger partial charge on any atom is -0.385 e. The monoisotopic (exact) mass is 304 g/mol. The van der Waals surface area contributed by atoms with E-state index in [1.54, 1.807) is 26.0 Å². The first kappa shape index (κ1) is 17.8. The fourth-order valence-corrected chi connectivity index (χ4v) is 3.33. The Hall–Kier alpha value is -0.300. The molecule has 0 unspecified atom stereocenters. The Balaban J connectivity index is 2.28. The number of nitrogens with one attached hydrogen (secondary N) is 1. The van der Waals surface area contributed by atoms with Gasteiger partial charge in [-0.25, -0.2) is 0 Å². The lowest BCUT2D eigenvalue weighted by atomic mass is 10.2. The Morgan fingerprint density at radius 1 is 1.20 bits per heavy atom. The van der Waals surface area contributed by atoms with E-state index in [0.717, 1.165) is 26.1 Å². The number of amides is 1. The summed E-state index contributed by atoms with van der Waals surface area (Å²) < 4.78 is 10.1. The summed E-state index contributed by atoms with van der Waals surface area (Å²) in [5.41, 5.74) is 0. The molecule has 1 rings (SSSR count). The van der Waals surface area contributed by atoms with Crippen LogP contribution in [0, 0.1) is 0 Å². The van der Waals surface area contributed by atoms with Crippen LogP contribution in [0.5, 0.6) is 0 Å². The average Bonchev–Trinajstić information content (AvgIpc) is 2.49. The van der Waals surface area contributed by atoms with Crippen molar-refractivity contribution in [2.75, 3.05) is 59.4 Å². The van der Waals surface area contributed by atoms with Crippen molar-refractivity contribution in [3.8, 4) is 0 Å². The van der Waals surface area contributed by atoms with Crippen molar-refractivity contribution in [1.82, 2.24) is 10.2 Å². The highest BCUT2D eigenvalue weighted by Gasteiger charge is 2.18. The van der Waals surface area contributed by atoms with Crippen LogP contribution in [0.3, 0.4) is 0 Å². The highest BCUT2D eigenvalue weighted by atomic mass is 32.2. The molecule has 1 aliphatic heterocycles. The van der Waals surface area contributed by atoms with E-state index in [2.05, 4.69) is 5.32 Å². The molecule has 1 N–H and O–H groups in total. The van der Waals surface area contributed by atoms with Gasteiger partial charge >= 0.3 is 0 Å². The molecule has 0 saturated carbocycles. The summed E-state index contributed by atoms with van der Waals surface area (Å²) in [5, 5.41) is 3.98. The highest BCUT2D eigenvalue weighted by molar-refractivity contribution is 8.00. The summed E-state index contributed by atoms with van der Waals surface area (Å²) in [7, 11) is 3.36.